The standard InChI is InChI=1S/C26H31N7O5S/c1-7-26(37)12-31(38-13-26)22(35)19-18(39-23-20(19)21(34)30(6)25(36)32(23)14(2)3)11-17-15(4)29-33(16(17)5)24-27-9-8-10-28-24/h8-10,14,37H,7,11-13H2,1-6H3. The van der Waals surface area contributed by atoms with Gasteiger partial charge in [0.2, 0.25) is 0 Å². The van der Waals surface area contributed by atoms with Crippen LogP contribution in [0.1, 0.15) is 65.4 Å². The number of fused-ring (bicyclic) bond motifs is 1. The number of aryl methyl sites for hydroxylation is 1. The Labute approximate surface area is 228 Å². The predicted molar refractivity (Wildman–Crippen MR) is 145 cm³/mol. The molecule has 1 aliphatic rings. The smallest absolute Gasteiger partial charge is 0.332 e. The Kier molecular flexibility index (Phi) is 6.77. The first-order valence-electron chi connectivity index (χ1n) is 12.7. The average Bonchev–Trinajstić information content (AvgIpc) is 3.57. The number of hydrogen-bond donors (Lipinski definition) is 1. The van der Waals surface area contributed by atoms with E-state index in [1.54, 1.807) is 23.1 Å². The maximum Gasteiger partial charge on any atom is 0.332 e. The molecule has 4 aromatic heterocycles. The van der Waals surface area contributed by atoms with Gasteiger partial charge < -0.3 is 5.11 Å². The molecule has 0 aromatic carbocycles. The summed E-state index contributed by atoms with van der Waals surface area (Å²) in [4.78, 5) is 55.8. The van der Waals surface area contributed by atoms with E-state index in [4.69, 9.17) is 4.84 Å². The van der Waals surface area contributed by atoms with Crippen LogP contribution in [-0.4, -0.2) is 63.7 Å². The Morgan fingerprint density at radius 3 is 2.54 bits per heavy atom. The first-order valence-corrected chi connectivity index (χ1v) is 13.6. The highest BCUT2D eigenvalue weighted by atomic mass is 32.1. The van der Waals surface area contributed by atoms with E-state index in [0.717, 1.165) is 26.6 Å². The summed E-state index contributed by atoms with van der Waals surface area (Å²) in [7, 11) is 1.41. The first kappa shape index (κ1) is 26.9. The summed E-state index contributed by atoms with van der Waals surface area (Å²) >= 11 is 1.24. The van der Waals surface area contributed by atoms with Crippen LogP contribution in [0, 0.1) is 13.8 Å². The molecule has 206 valence electrons. The number of thiophene rings is 1. The van der Waals surface area contributed by atoms with Crippen molar-refractivity contribution in [1.29, 1.82) is 0 Å². The lowest BCUT2D eigenvalue weighted by Gasteiger charge is -2.18. The number of nitrogens with zero attached hydrogens (tertiary/aromatic N) is 7. The Morgan fingerprint density at radius 1 is 1.23 bits per heavy atom. The largest absolute Gasteiger partial charge is 0.385 e. The maximum absolute atomic E-state index is 14.0. The van der Waals surface area contributed by atoms with Crippen molar-refractivity contribution < 1.29 is 14.7 Å². The highest BCUT2D eigenvalue weighted by Gasteiger charge is 2.41. The van der Waals surface area contributed by atoms with Crippen LogP contribution in [0.15, 0.2) is 28.0 Å². The third kappa shape index (κ3) is 4.39. The number of β-amino-alcohol motifs (C(OH)–C–C–N with tert-alkyl or cyclic N) is 1. The monoisotopic (exact) mass is 553 g/mol. The zero-order chi connectivity index (χ0) is 28.2. The molecular formula is C26H31N7O5S. The summed E-state index contributed by atoms with van der Waals surface area (Å²) in [5.74, 6) is -0.107. The van der Waals surface area contributed by atoms with E-state index in [0.29, 0.717) is 22.1 Å². The Balaban J connectivity index is 1.72. The maximum atomic E-state index is 14.0. The Bertz CT molecular complexity index is 1700. The van der Waals surface area contributed by atoms with Crippen molar-refractivity contribution in [1.82, 2.24) is 33.9 Å². The Hall–Kier alpha value is -3.68. The molecule has 0 radical (unpaired) electrons. The molecule has 1 fully saturated rings. The van der Waals surface area contributed by atoms with Gasteiger partial charge in [-0.3, -0.25) is 23.6 Å². The molecule has 1 amide bonds. The molecule has 1 N–H and O–H groups in total. The lowest BCUT2D eigenvalue weighted by molar-refractivity contribution is -0.0803. The predicted octanol–water partition coefficient (Wildman–Crippen LogP) is 2.05. The topological polar surface area (TPSA) is 137 Å². The first-order chi connectivity index (χ1) is 18.5. The lowest BCUT2D eigenvalue weighted by atomic mass is 10.0. The van der Waals surface area contributed by atoms with Gasteiger partial charge in [-0.05, 0) is 40.2 Å². The zero-order valence-electron chi connectivity index (χ0n) is 22.8. The molecule has 0 spiro atoms. The SMILES string of the molecule is CCC1(O)CON(C(=O)c2c(Cc3c(C)nn(-c4ncccn4)c3C)sc3c2c(=O)n(C)c(=O)n3C(C)C)C1. The zero-order valence-corrected chi connectivity index (χ0v) is 23.6. The summed E-state index contributed by atoms with van der Waals surface area (Å²) in [6.07, 6.45) is 3.96. The molecule has 39 heavy (non-hydrogen) atoms. The summed E-state index contributed by atoms with van der Waals surface area (Å²) in [5.41, 5.74) is 0.372. The summed E-state index contributed by atoms with van der Waals surface area (Å²) in [6.45, 7) is 9.25. The van der Waals surface area contributed by atoms with Crippen LogP contribution in [-0.2, 0) is 18.3 Å². The minimum absolute atomic E-state index is 0.0232. The number of rotatable bonds is 6. The molecule has 1 unspecified atom stereocenters. The second-order valence-electron chi connectivity index (χ2n) is 10.2. The molecule has 5 heterocycles. The van der Waals surface area contributed by atoms with E-state index in [1.807, 2.05) is 34.6 Å². The van der Waals surface area contributed by atoms with Gasteiger partial charge in [0.25, 0.3) is 17.4 Å². The van der Waals surface area contributed by atoms with Gasteiger partial charge in [0, 0.05) is 48.0 Å². The van der Waals surface area contributed by atoms with Crippen LogP contribution in [0.2, 0.25) is 0 Å². The third-order valence-corrected chi connectivity index (χ3v) is 8.44. The molecule has 1 saturated heterocycles. The number of hydroxylamine groups is 2. The van der Waals surface area contributed by atoms with Crippen LogP contribution < -0.4 is 11.2 Å². The van der Waals surface area contributed by atoms with Gasteiger partial charge in [0.05, 0.1) is 23.2 Å². The molecule has 4 aromatic rings. The fraction of sp³-hybridized carbons (Fsp3) is 0.462. The second-order valence-corrected chi connectivity index (χ2v) is 11.3. The molecule has 0 bridgehead atoms. The van der Waals surface area contributed by atoms with Gasteiger partial charge in [-0.15, -0.1) is 11.3 Å². The Morgan fingerprint density at radius 2 is 1.92 bits per heavy atom. The van der Waals surface area contributed by atoms with Crippen molar-refractivity contribution in [3.63, 3.8) is 0 Å². The second kappa shape index (κ2) is 9.81. The van der Waals surface area contributed by atoms with Crippen molar-refractivity contribution in [2.75, 3.05) is 13.2 Å². The quantitative estimate of drug-likeness (QED) is 0.383. The van der Waals surface area contributed by atoms with E-state index >= 15 is 0 Å². The molecule has 1 aliphatic heterocycles. The van der Waals surface area contributed by atoms with E-state index in [-0.39, 0.29) is 36.6 Å². The summed E-state index contributed by atoms with van der Waals surface area (Å²) in [6, 6.07) is 1.47. The van der Waals surface area contributed by atoms with Crippen LogP contribution in [0.3, 0.4) is 0 Å². The average molecular weight is 554 g/mol. The third-order valence-electron chi connectivity index (χ3n) is 7.25. The summed E-state index contributed by atoms with van der Waals surface area (Å²) < 4.78 is 4.22. The molecule has 12 nitrogen and oxygen atoms in total. The minimum Gasteiger partial charge on any atom is -0.385 e. The van der Waals surface area contributed by atoms with Crippen LogP contribution in [0.5, 0.6) is 0 Å². The molecular weight excluding hydrogens is 522 g/mol. The van der Waals surface area contributed by atoms with Gasteiger partial charge in [-0.1, -0.05) is 6.92 Å². The molecule has 1 atom stereocenters. The lowest BCUT2D eigenvalue weighted by Crippen LogP contribution is -2.40. The van der Waals surface area contributed by atoms with E-state index in [9.17, 15) is 19.5 Å². The normalized spacial score (nSPS) is 17.6. The number of carbonyl (C=O) groups excluding carboxylic acids is 1. The van der Waals surface area contributed by atoms with Gasteiger partial charge >= 0.3 is 5.69 Å². The van der Waals surface area contributed by atoms with E-state index in [2.05, 4.69) is 15.1 Å². The number of hydrogen-bond acceptors (Lipinski definition) is 9. The van der Waals surface area contributed by atoms with Crippen molar-refractivity contribution >= 4 is 27.5 Å². The van der Waals surface area contributed by atoms with Gasteiger partial charge in [-0.25, -0.2) is 24.5 Å². The van der Waals surface area contributed by atoms with E-state index in [1.165, 1.54) is 23.0 Å². The highest BCUT2D eigenvalue weighted by molar-refractivity contribution is 7.19. The number of aliphatic hydroxyl groups is 1. The van der Waals surface area contributed by atoms with Gasteiger partial charge in [-0.2, -0.15) is 5.10 Å². The number of aromatic nitrogens is 6. The molecule has 0 saturated carbocycles. The van der Waals surface area contributed by atoms with Crippen molar-refractivity contribution in [3.05, 3.63) is 66.7 Å². The fourth-order valence-corrected chi connectivity index (χ4v) is 6.27. The van der Waals surface area contributed by atoms with Crippen molar-refractivity contribution in [3.8, 4) is 5.95 Å². The molecule has 13 heteroatoms. The highest BCUT2D eigenvalue weighted by Crippen LogP contribution is 2.35. The minimum atomic E-state index is -1.17. The van der Waals surface area contributed by atoms with E-state index < -0.39 is 22.8 Å². The molecule has 5 rings (SSSR count). The van der Waals surface area contributed by atoms with Gasteiger partial charge in [0.1, 0.15) is 17.0 Å². The van der Waals surface area contributed by atoms with Crippen LogP contribution in [0.4, 0.5) is 0 Å². The number of carbonyl (C=O) groups is 1. The van der Waals surface area contributed by atoms with Crippen LogP contribution >= 0.6 is 11.3 Å². The fourth-order valence-electron chi connectivity index (χ4n) is 4.85. The summed E-state index contributed by atoms with van der Waals surface area (Å²) in [5, 5.41) is 16.6. The molecule has 0 aliphatic carbocycles. The van der Waals surface area contributed by atoms with Crippen LogP contribution in [0.25, 0.3) is 16.2 Å². The van der Waals surface area contributed by atoms with Crippen molar-refractivity contribution in [2.24, 2.45) is 7.05 Å². The van der Waals surface area contributed by atoms with Gasteiger partial charge in [0.15, 0.2) is 0 Å². The van der Waals surface area contributed by atoms with Crippen molar-refractivity contribution in [2.45, 2.75) is 59.1 Å². The number of amides is 1.